The molecule has 2 heteroatoms. The summed E-state index contributed by atoms with van der Waals surface area (Å²) in [5.41, 5.74) is 8.43. The summed E-state index contributed by atoms with van der Waals surface area (Å²) in [5, 5.41) is 0. The minimum Gasteiger partial charge on any atom is -0.327 e. The quantitative estimate of drug-likeness (QED) is 0.782. The van der Waals surface area contributed by atoms with Gasteiger partial charge in [-0.25, -0.2) is 0 Å². The number of hydrogen-bond acceptors (Lipinski definition) is 1. The smallest absolute Gasteiger partial charge is 0.0207 e. The average molecular weight is 226 g/mol. The first-order valence-electron chi connectivity index (χ1n) is 4.20. The molecule has 0 radical (unpaired) electrons. The van der Waals surface area contributed by atoms with Gasteiger partial charge in [0.25, 0.3) is 0 Å². The molecule has 1 aliphatic rings. The molecule has 0 aromatic heterocycles. The Labute approximate surface area is 81.1 Å². The van der Waals surface area contributed by atoms with Crippen LogP contribution in [0.5, 0.6) is 0 Å². The molecule has 0 bridgehead atoms. The maximum Gasteiger partial charge on any atom is 0.0207 e. The van der Waals surface area contributed by atoms with Crippen molar-refractivity contribution in [3.63, 3.8) is 0 Å². The van der Waals surface area contributed by atoms with E-state index in [1.54, 1.807) is 0 Å². The fourth-order valence-corrected chi connectivity index (χ4v) is 1.83. The summed E-state index contributed by atoms with van der Waals surface area (Å²) < 4.78 is 1.19. The molecule has 2 unspecified atom stereocenters. The van der Waals surface area contributed by atoms with Crippen molar-refractivity contribution in [3.05, 3.63) is 33.8 Å². The summed E-state index contributed by atoms with van der Waals surface area (Å²) >= 11 is 3.52. The molecule has 0 saturated heterocycles. The zero-order chi connectivity index (χ0) is 8.72. The molecule has 1 saturated carbocycles. The van der Waals surface area contributed by atoms with Crippen LogP contribution in [-0.4, -0.2) is 6.04 Å². The highest BCUT2D eigenvalue weighted by Gasteiger charge is 2.34. The minimum absolute atomic E-state index is 0.402. The third-order valence-corrected chi connectivity index (χ3v) is 3.32. The highest BCUT2D eigenvalue weighted by molar-refractivity contribution is 9.10. The Morgan fingerprint density at radius 2 is 2.17 bits per heavy atom. The number of benzene rings is 1. The predicted molar refractivity (Wildman–Crippen MR) is 54.2 cm³/mol. The van der Waals surface area contributed by atoms with E-state index in [0.29, 0.717) is 12.0 Å². The van der Waals surface area contributed by atoms with Crippen LogP contribution in [0.4, 0.5) is 0 Å². The van der Waals surface area contributed by atoms with E-state index < -0.39 is 0 Å². The van der Waals surface area contributed by atoms with Gasteiger partial charge in [0, 0.05) is 16.4 Å². The van der Waals surface area contributed by atoms with Crippen LogP contribution in [-0.2, 0) is 0 Å². The lowest BCUT2D eigenvalue weighted by Gasteiger charge is -2.01. The van der Waals surface area contributed by atoms with Gasteiger partial charge >= 0.3 is 0 Å². The molecule has 12 heavy (non-hydrogen) atoms. The fraction of sp³-hybridized carbons (Fsp3) is 0.400. The number of halogens is 1. The van der Waals surface area contributed by atoms with Crippen LogP contribution < -0.4 is 5.73 Å². The minimum atomic E-state index is 0.402. The Morgan fingerprint density at radius 1 is 1.50 bits per heavy atom. The molecule has 0 amide bonds. The van der Waals surface area contributed by atoms with Crippen molar-refractivity contribution in [2.75, 3.05) is 0 Å². The summed E-state index contributed by atoms with van der Waals surface area (Å²) in [6.07, 6.45) is 1.15. The van der Waals surface area contributed by atoms with Gasteiger partial charge in [-0.05, 0) is 30.5 Å². The highest BCUT2D eigenvalue weighted by Crippen LogP contribution is 2.40. The topological polar surface area (TPSA) is 26.0 Å². The zero-order valence-electron chi connectivity index (χ0n) is 7.05. The van der Waals surface area contributed by atoms with Gasteiger partial charge in [-0.3, -0.25) is 0 Å². The second-order valence-electron chi connectivity index (χ2n) is 3.51. The van der Waals surface area contributed by atoms with Gasteiger partial charge in [0.15, 0.2) is 0 Å². The molecule has 0 heterocycles. The Bertz CT molecular complexity index is 309. The van der Waals surface area contributed by atoms with Gasteiger partial charge in [0.1, 0.15) is 0 Å². The third kappa shape index (κ3) is 1.41. The van der Waals surface area contributed by atoms with Gasteiger partial charge in [0.2, 0.25) is 0 Å². The molecule has 1 aromatic carbocycles. The van der Waals surface area contributed by atoms with Crippen LogP contribution in [0.2, 0.25) is 0 Å². The van der Waals surface area contributed by atoms with Gasteiger partial charge in [0.05, 0.1) is 0 Å². The summed E-state index contributed by atoms with van der Waals surface area (Å²) in [5.74, 6) is 0.613. The van der Waals surface area contributed by atoms with Gasteiger partial charge in [-0.1, -0.05) is 28.1 Å². The van der Waals surface area contributed by atoms with E-state index in [0.717, 1.165) is 6.42 Å². The predicted octanol–water partition coefficient (Wildman–Crippen LogP) is 2.57. The van der Waals surface area contributed by atoms with E-state index in [9.17, 15) is 0 Å². The van der Waals surface area contributed by atoms with Crippen molar-refractivity contribution in [3.8, 4) is 0 Å². The van der Waals surface area contributed by atoms with E-state index >= 15 is 0 Å². The second-order valence-corrected chi connectivity index (χ2v) is 4.37. The van der Waals surface area contributed by atoms with Crippen LogP contribution in [0.25, 0.3) is 0 Å². The number of aryl methyl sites for hydroxylation is 1. The SMILES string of the molecule is Cc1ccc(C2CC2N)cc1Br. The molecule has 0 spiro atoms. The first-order valence-corrected chi connectivity index (χ1v) is 4.99. The number of rotatable bonds is 1. The van der Waals surface area contributed by atoms with E-state index in [-0.39, 0.29) is 0 Å². The molecular formula is C10H12BrN. The summed E-state index contributed by atoms with van der Waals surface area (Å²) in [6, 6.07) is 6.91. The van der Waals surface area contributed by atoms with Gasteiger partial charge < -0.3 is 5.73 Å². The Morgan fingerprint density at radius 3 is 2.67 bits per heavy atom. The molecule has 2 rings (SSSR count). The van der Waals surface area contributed by atoms with Crippen molar-refractivity contribution in [1.29, 1.82) is 0 Å². The number of hydrogen-bond donors (Lipinski definition) is 1. The first-order chi connectivity index (χ1) is 5.68. The van der Waals surface area contributed by atoms with Crippen molar-refractivity contribution in [1.82, 2.24) is 0 Å². The zero-order valence-corrected chi connectivity index (χ0v) is 8.64. The van der Waals surface area contributed by atoms with Crippen LogP contribution in [0.15, 0.2) is 22.7 Å². The van der Waals surface area contributed by atoms with Crippen molar-refractivity contribution in [2.45, 2.75) is 25.3 Å². The fourth-order valence-electron chi connectivity index (χ4n) is 1.44. The molecule has 2 N–H and O–H groups in total. The van der Waals surface area contributed by atoms with E-state index in [1.165, 1.54) is 15.6 Å². The van der Waals surface area contributed by atoms with E-state index in [4.69, 9.17) is 5.73 Å². The largest absolute Gasteiger partial charge is 0.327 e. The molecule has 2 atom stereocenters. The molecule has 0 aliphatic heterocycles. The maximum atomic E-state index is 5.77. The van der Waals surface area contributed by atoms with E-state index in [1.807, 2.05) is 0 Å². The molecular weight excluding hydrogens is 214 g/mol. The Balaban J connectivity index is 2.29. The lowest BCUT2D eigenvalue weighted by molar-refractivity contribution is 0.988. The molecule has 1 nitrogen and oxygen atoms in total. The maximum absolute atomic E-state index is 5.77. The summed E-state index contributed by atoms with van der Waals surface area (Å²) in [6.45, 7) is 2.10. The van der Waals surface area contributed by atoms with Crippen LogP contribution in [0.1, 0.15) is 23.5 Å². The van der Waals surface area contributed by atoms with Crippen LogP contribution in [0.3, 0.4) is 0 Å². The monoisotopic (exact) mass is 225 g/mol. The van der Waals surface area contributed by atoms with Crippen LogP contribution in [0, 0.1) is 6.92 Å². The van der Waals surface area contributed by atoms with Crippen LogP contribution >= 0.6 is 15.9 Å². The molecule has 1 fully saturated rings. The van der Waals surface area contributed by atoms with Crippen molar-refractivity contribution < 1.29 is 0 Å². The normalized spacial score (nSPS) is 27.2. The standard InChI is InChI=1S/C10H12BrN/c1-6-2-3-7(4-9(6)11)8-5-10(8)12/h2-4,8,10H,5,12H2,1H3. The first kappa shape index (κ1) is 8.27. The summed E-state index contributed by atoms with van der Waals surface area (Å²) in [4.78, 5) is 0. The molecule has 64 valence electrons. The van der Waals surface area contributed by atoms with Crippen molar-refractivity contribution in [2.24, 2.45) is 5.73 Å². The number of nitrogens with two attached hydrogens (primary N) is 1. The molecule has 1 aliphatic carbocycles. The Kier molecular flexibility index (Phi) is 1.97. The van der Waals surface area contributed by atoms with Gasteiger partial charge in [-0.15, -0.1) is 0 Å². The van der Waals surface area contributed by atoms with Crippen molar-refractivity contribution >= 4 is 15.9 Å². The third-order valence-electron chi connectivity index (χ3n) is 2.46. The molecule has 1 aromatic rings. The average Bonchev–Trinajstić information content (AvgIpc) is 2.73. The Hall–Kier alpha value is -0.340. The lowest BCUT2D eigenvalue weighted by atomic mass is 10.1. The highest BCUT2D eigenvalue weighted by atomic mass is 79.9. The second kappa shape index (κ2) is 2.86. The lowest BCUT2D eigenvalue weighted by Crippen LogP contribution is -2.00. The van der Waals surface area contributed by atoms with Gasteiger partial charge in [-0.2, -0.15) is 0 Å². The summed E-state index contributed by atoms with van der Waals surface area (Å²) in [7, 11) is 0. The van der Waals surface area contributed by atoms with E-state index in [2.05, 4.69) is 41.1 Å².